The predicted octanol–water partition coefficient (Wildman–Crippen LogP) is 1.56. The Morgan fingerprint density at radius 2 is 1.66 bits per heavy atom. The van der Waals surface area contributed by atoms with Crippen LogP contribution in [0.1, 0.15) is 50.0 Å². The van der Waals surface area contributed by atoms with Crippen molar-refractivity contribution in [3.8, 4) is 5.75 Å². The minimum absolute atomic E-state index is 0.0936. The Hall–Kier alpha value is -4.27. The quantitative estimate of drug-likeness (QED) is 0.241. The van der Waals surface area contributed by atoms with E-state index in [9.17, 15) is 47.0 Å². The predicted molar refractivity (Wildman–Crippen MR) is 148 cm³/mol. The van der Waals surface area contributed by atoms with Gasteiger partial charge in [0.25, 0.3) is 11.9 Å². The maximum atomic E-state index is 14.6. The summed E-state index contributed by atoms with van der Waals surface area (Å²) >= 11 is 0. The second-order valence-corrected chi connectivity index (χ2v) is 11.3. The summed E-state index contributed by atoms with van der Waals surface area (Å²) in [7, 11) is 1.33. The van der Waals surface area contributed by atoms with E-state index in [-0.39, 0.29) is 17.9 Å². The van der Waals surface area contributed by atoms with E-state index in [1.54, 1.807) is 13.8 Å². The van der Waals surface area contributed by atoms with Gasteiger partial charge in [-0.1, -0.05) is 32.9 Å². The van der Waals surface area contributed by atoms with E-state index in [0.29, 0.717) is 0 Å². The molecule has 3 rings (SSSR count). The molecule has 15 heteroatoms. The molecule has 0 bridgehead atoms. The number of aliphatic hydroxyl groups excluding tert-OH is 1. The topological polar surface area (TPSA) is 161 Å². The van der Waals surface area contributed by atoms with Gasteiger partial charge < -0.3 is 31.1 Å². The number of pyridine rings is 1. The number of likely N-dealkylation sites (N-methyl/N-ethyl adjacent to an activating group) is 1. The van der Waals surface area contributed by atoms with E-state index in [0.717, 1.165) is 4.90 Å². The van der Waals surface area contributed by atoms with Crippen LogP contribution in [-0.2, 0) is 20.8 Å². The average Bonchev–Trinajstić information content (AvgIpc) is 2.96. The number of aromatic hydroxyl groups is 1. The first-order valence-electron chi connectivity index (χ1n) is 13.9. The molecule has 2 aromatic rings. The highest BCUT2D eigenvalue weighted by Gasteiger charge is 2.41. The zero-order valence-electron chi connectivity index (χ0n) is 24.7. The van der Waals surface area contributed by atoms with Crippen molar-refractivity contribution in [1.29, 1.82) is 0 Å². The van der Waals surface area contributed by atoms with Crippen molar-refractivity contribution < 1.29 is 47.0 Å². The summed E-state index contributed by atoms with van der Waals surface area (Å²) in [5.41, 5.74) is -1.32. The average molecular weight is 626 g/mol. The number of rotatable bonds is 6. The molecule has 1 aromatic carbocycles. The van der Waals surface area contributed by atoms with Crippen molar-refractivity contribution in [3.05, 3.63) is 58.9 Å². The Labute approximate surface area is 251 Å². The lowest BCUT2D eigenvalue weighted by molar-refractivity contribution is -0.146. The molecule has 4 amide bonds. The van der Waals surface area contributed by atoms with Gasteiger partial charge in [0.15, 0.2) is 5.82 Å². The lowest BCUT2D eigenvalue weighted by Crippen LogP contribution is -2.64. The molecule has 240 valence electrons. The normalized spacial score (nSPS) is 25.2. The van der Waals surface area contributed by atoms with E-state index < -0.39 is 101 Å². The van der Waals surface area contributed by atoms with Crippen LogP contribution in [0.25, 0.3) is 0 Å². The molecule has 1 aromatic heterocycles. The Kier molecular flexibility index (Phi) is 10.9. The van der Waals surface area contributed by atoms with Crippen LogP contribution in [0, 0.1) is 35.4 Å². The van der Waals surface area contributed by atoms with Crippen LogP contribution in [-0.4, -0.2) is 81.0 Å². The second-order valence-electron chi connectivity index (χ2n) is 11.3. The van der Waals surface area contributed by atoms with Gasteiger partial charge in [0.1, 0.15) is 17.8 Å². The Morgan fingerprint density at radius 1 is 1.02 bits per heavy atom. The first-order chi connectivity index (χ1) is 20.5. The van der Waals surface area contributed by atoms with Crippen LogP contribution in [0.5, 0.6) is 5.75 Å². The molecule has 0 saturated carbocycles. The smallest absolute Gasteiger partial charge is 0.255 e. The largest absolute Gasteiger partial charge is 0.507 e. The molecule has 0 aliphatic carbocycles. The van der Waals surface area contributed by atoms with Gasteiger partial charge in [-0.2, -0.15) is 18.2 Å². The van der Waals surface area contributed by atoms with Gasteiger partial charge in [-0.15, -0.1) is 0 Å². The summed E-state index contributed by atoms with van der Waals surface area (Å²) in [6.07, 6.45) is -2.69. The van der Waals surface area contributed by atoms with Gasteiger partial charge in [0, 0.05) is 19.0 Å². The van der Waals surface area contributed by atoms with Crippen molar-refractivity contribution >= 4 is 23.6 Å². The van der Waals surface area contributed by atoms with Gasteiger partial charge in [-0.3, -0.25) is 19.2 Å². The number of aliphatic hydroxyl groups is 1. The van der Waals surface area contributed by atoms with E-state index in [2.05, 4.69) is 20.9 Å². The molecule has 5 N–H and O–H groups in total. The molecule has 1 fully saturated rings. The third-order valence-electron chi connectivity index (χ3n) is 7.55. The van der Waals surface area contributed by atoms with Crippen LogP contribution in [0.3, 0.4) is 0 Å². The number of para-hydroxylation sites is 1. The minimum atomic E-state index is -2.08. The fourth-order valence-corrected chi connectivity index (χ4v) is 5.00. The minimum Gasteiger partial charge on any atom is -0.507 e. The molecule has 2 heterocycles. The number of carbonyl (C=O) groups is 4. The molecule has 1 aliphatic heterocycles. The van der Waals surface area contributed by atoms with Crippen LogP contribution >= 0.6 is 0 Å². The van der Waals surface area contributed by atoms with Crippen molar-refractivity contribution in [3.63, 3.8) is 0 Å². The highest BCUT2D eigenvalue weighted by atomic mass is 19.2. The number of halogens is 4. The number of phenols is 1. The summed E-state index contributed by atoms with van der Waals surface area (Å²) in [6, 6.07) is -0.147. The molecule has 1 unspecified atom stereocenters. The molecular formula is C29H35F4N5O6. The SMILES string of the molecule is CC(C)CC1C(=O)N[C@H](C)[C@H](NC(=O)c2ccccc2O)C(=O)N[C@@H](Cc2c(F)nc(F)c(F)c2F)[C@@H](O)[C@@H](C)C(=O)N1C. The molecule has 0 radical (unpaired) electrons. The highest BCUT2D eigenvalue weighted by Crippen LogP contribution is 2.23. The van der Waals surface area contributed by atoms with E-state index in [4.69, 9.17) is 0 Å². The van der Waals surface area contributed by atoms with Crippen LogP contribution in [0.15, 0.2) is 24.3 Å². The van der Waals surface area contributed by atoms with E-state index in [1.165, 1.54) is 45.2 Å². The number of hydrogen-bond acceptors (Lipinski definition) is 7. The third-order valence-corrected chi connectivity index (χ3v) is 7.55. The molecule has 44 heavy (non-hydrogen) atoms. The zero-order chi connectivity index (χ0) is 33.0. The van der Waals surface area contributed by atoms with Crippen LogP contribution in [0.2, 0.25) is 0 Å². The Balaban J connectivity index is 2.11. The molecule has 0 spiro atoms. The maximum absolute atomic E-state index is 14.6. The monoisotopic (exact) mass is 625 g/mol. The van der Waals surface area contributed by atoms with Crippen molar-refractivity contribution in [1.82, 2.24) is 25.8 Å². The standard InChI is InChI=1S/C29H35F4N5O6/c1-12(2)10-18-27(42)34-14(4)22(36-26(41)15-8-6-7-9-19(15)39)28(43)35-17(23(40)13(3)29(44)38(18)5)11-16-20(30)21(31)25(33)37-24(16)32/h6-9,12-14,17-18,22-23,39-40H,10-11H2,1-5H3,(H,34,42)(H,35,43)(H,36,41)/t13-,14-,17+,18?,22+,23+/m1/s1. The van der Waals surface area contributed by atoms with Gasteiger partial charge in [0.05, 0.1) is 29.7 Å². The van der Waals surface area contributed by atoms with Gasteiger partial charge >= 0.3 is 0 Å². The van der Waals surface area contributed by atoms with Crippen LogP contribution < -0.4 is 16.0 Å². The highest BCUT2D eigenvalue weighted by molar-refractivity contribution is 6.00. The summed E-state index contributed by atoms with van der Waals surface area (Å²) in [4.78, 5) is 57.4. The fourth-order valence-electron chi connectivity index (χ4n) is 5.00. The number of nitrogens with one attached hydrogen (secondary N) is 3. The summed E-state index contributed by atoms with van der Waals surface area (Å²) in [5, 5.41) is 28.8. The summed E-state index contributed by atoms with van der Waals surface area (Å²) in [5.74, 6) is -13.1. The summed E-state index contributed by atoms with van der Waals surface area (Å²) < 4.78 is 56.7. The van der Waals surface area contributed by atoms with E-state index >= 15 is 0 Å². The number of aromatic nitrogens is 1. The summed E-state index contributed by atoms with van der Waals surface area (Å²) in [6.45, 7) is 6.25. The number of carbonyl (C=O) groups excluding carboxylic acids is 4. The number of nitrogens with zero attached hydrogens (tertiary/aromatic N) is 2. The molecule has 11 nitrogen and oxygen atoms in total. The molecular weight excluding hydrogens is 590 g/mol. The Bertz CT molecular complexity index is 1430. The van der Waals surface area contributed by atoms with Crippen molar-refractivity contribution in [2.24, 2.45) is 11.8 Å². The third kappa shape index (κ3) is 7.44. The first kappa shape index (κ1) is 34.2. The number of benzene rings is 1. The Morgan fingerprint density at radius 3 is 2.27 bits per heavy atom. The number of amides is 4. The number of hydrogen-bond donors (Lipinski definition) is 5. The van der Waals surface area contributed by atoms with Gasteiger partial charge in [-0.05, 0) is 31.4 Å². The van der Waals surface area contributed by atoms with Crippen molar-refractivity contribution in [2.45, 2.75) is 70.8 Å². The zero-order valence-corrected chi connectivity index (χ0v) is 24.7. The molecule has 6 atom stereocenters. The molecule has 1 saturated heterocycles. The maximum Gasteiger partial charge on any atom is 0.255 e. The van der Waals surface area contributed by atoms with Crippen LogP contribution in [0.4, 0.5) is 17.6 Å². The van der Waals surface area contributed by atoms with Gasteiger partial charge in [-0.25, -0.2) is 4.39 Å². The first-order valence-corrected chi connectivity index (χ1v) is 13.9. The number of phenolic OH excluding ortho intramolecular Hbond substituents is 1. The molecule has 1 aliphatic rings. The fraction of sp³-hybridized carbons (Fsp3) is 0.483. The van der Waals surface area contributed by atoms with Gasteiger partial charge in [0.2, 0.25) is 29.5 Å². The van der Waals surface area contributed by atoms with Crippen molar-refractivity contribution in [2.75, 3.05) is 7.05 Å². The van der Waals surface area contributed by atoms with E-state index in [1.807, 2.05) is 0 Å². The lowest BCUT2D eigenvalue weighted by Gasteiger charge is -2.37. The lowest BCUT2D eigenvalue weighted by atomic mass is 9.90. The second kappa shape index (κ2) is 14.0.